The van der Waals surface area contributed by atoms with E-state index >= 15 is 0 Å². The van der Waals surface area contributed by atoms with Crippen molar-refractivity contribution in [2.75, 3.05) is 7.11 Å². The Balaban J connectivity index is 1.67. The molecule has 8 heteroatoms. The van der Waals surface area contributed by atoms with Crippen molar-refractivity contribution in [1.82, 2.24) is 10.3 Å². The Kier molecular flexibility index (Phi) is 8.45. The molecule has 0 aliphatic rings. The van der Waals surface area contributed by atoms with Crippen molar-refractivity contribution < 1.29 is 28.9 Å². The molecule has 0 spiro atoms. The maximum Gasteiger partial charge on any atom is 0.328 e. The van der Waals surface area contributed by atoms with Gasteiger partial charge in [0.2, 0.25) is 0 Å². The van der Waals surface area contributed by atoms with Crippen LogP contribution in [0.1, 0.15) is 29.9 Å². The zero-order chi connectivity index (χ0) is 24.5. The van der Waals surface area contributed by atoms with Gasteiger partial charge in [0, 0.05) is 18.7 Å². The monoisotopic (exact) mass is 464 g/mol. The van der Waals surface area contributed by atoms with E-state index in [4.69, 9.17) is 14.2 Å². The molecule has 1 heterocycles. The summed E-state index contributed by atoms with van der Waals surface area (Å²) in [4.78, 5) is 29.1. The molecule has 0 aliphatic carbocycles. The Morgan fingerprint density at radius 2 is 1.65 bits per heavy atom. The number of hydrogen-bond donors (Lipinski definition) is 2. The van der Waals surface area contributed by atoms with E-state index in [0.717, 1.165) is 5.56 Å². The Hall–Kier alpha value is -4.07. The number of esters is 1. The summed E-state index contributed by atoms with van der Waals surface area (Å²) in [5.74, 6) is -1.01. The van der Waals surface area contributed by atoms with Crippen LogP contribution in [0.5, 0.6) is 17.2 Å². The molecular weight excluding hydrogens is 436 g/mol. The molecule has 3 aromatic rings. The number of hydrogen-bond acceptors (Lipinski definition) is 7. The van der Waals surface area contributed by atoms with E-state index in [1.54, 1.807) is 6.92 Å². The maximum absolute atomic E-state index is 12.7. The first-order valence-corrected chi connectivity index (χ1v) is 10.9. The fraction of sp³-hybridized carbons (Fsp3) is 0.269. The number of ether oxygens (including phenoxy) is 3. The SMILES string of the molecule is COc1ccnc(C(=O)N[C@@H](C)C(=O)O[C@@H](C)[C@@H](Cc2ccccc2)Oc2ccccc2)c1O. The highest BCUT2D eigenvalue weighted by Crippen LogP contribution is 2.27. The highest BCUT2D eigenvalue weighted by Gasteiger charge is 2.28. The maximum atomic E-state index is 12.7. The molecule has 3 rings (SSSR count). The van der Waals surface area contributed by atoms with Crippen LogP contribution in [0.2, 0.25) is 0 Å². The van der Waals surface area contributed by atoms with Crippen LogP contribution in [0.25, 0.3) is 0 Å². The predicted molar refractivity (Wildman–Crippen MR) is 126 cm³/mol. The molecule has 0 aliphatic heterocycles. The van der Waals surface area contributed by atoms with Gasteiger partial charge in [-0.2, -0.15) is 0 Å². The van der Waals surface area contributed by atoms with Gasteiger partial charge in [-0.3, -0.25) is 4.79 Å². The van der Waals surface area contributed by atoms with Crippen LogP contribution in [0, 0.1) is 0 Å². The first kappa shape index (κ1) is 24.6. The van der Waals surface area contributed by atoms with Gasteiger partial charge in [0.15, 0.2) is 17.2 Å². The summed E-state index contributed by atoms with van der Waals surface area (Å²) < 4.78 is 16.8. The van der Waals surface area contributed by atoms with Gasteiger partial charge in [-0.05, 0) is 31.5 Å². The van der Waals surface area contributed by atoms with Gasteiger partial charge >= 0.3 is 5.97 Å². The van der Waals surface area contributed by atoms with E-state index in [0.29, 0.717) is 12.2 Å². The second kappa shape index (κ2) is 11.7. The molecular formula is C26H28N2O6. The number of aromatic hydroxyl groups is 1. The quantitative estimate of drug-likeness (QED) is 0.442. The number of carbonyl (C=O) groups is 2. The highest BCUT2D eigenvalue weighted by atomic mass is 16.6. The minimum absolute atomic E-state index is 0.103. The van der Waals surface area contributed by atoms with Crippen molar-refractivity contribution in [2.45, 2.75) is 38.5 Å². The van der Waals surface area contributed by atoms with E-state index < -0.39 is 35.9 Å². The standard InChI is InChI=1S/C26H28N2O6/c1-17(28-25(30)23-24(29)21(32-3)14-15-27-23)26(31)33-18(2)22(16-19-10-6-4-7-11-19)34-20-12-8-5-9-13-20/h4-15,17-18,22,29H,16H2,1-3H3,(H,28,30)/t17-,18-,22+/m0/s1. The smallest absolute Gasteiger partial charge is 0.328 e. The topological polar surface area (TPSA) is 107 Å². The molecule has 0 radical (unpaired) electrons. The summed E-state index contributed by atoms with van der Waals surface area (Å²) in [5, 5.41) is 12.6. The molecule has 2 aromatic carbocycles. The zero-order valence-electron chi connectivity index (χ0n) is 19.3. The number of carbonyl (C=O) groups excluding carboxylic acids is 2. The van der Waals surface area contributed by atoms with Gasteiger partial charge in [0.25, 0.3) is 5.91 Å². The van der Waals surface area contributed by atoms with Crippen molar-refractivity contribution in [3.63, 3.8) is 0 Å². The summed E-state index contributed by atoms with van der Waals surface area (Å²) in [5.41, 5.74) is 0.786. The molecule has 0 fully saturated rings. The van der Waals surface area contributed by atoms with E-state index in [2.05, 4.69) is 10.3 Å². The van der Waals surface area contributed by atoms with E-state index in [1.165, 1.54) is 26.3 Å². The number of benzene rings is 2. The van der Waals surface area contributed by atoms with Gasteiger partial charge in [0.05, 0.1) is 7.11 Å². The number of pyridine rings is 1. The number of amides is 1. The third-order valence-electron chi connectivity index (χ3n) is 5.16. The Bertz CT molecular complexity index is 1050. The summed E-state index contributed by atoms with van der Waals surface area (Å²) >= 11 is 0. The number of methoxy groups -OCH3 is 1. The van der Waals surface area contributed by atoms with Crippen LogP contribution in [0.4, 0.5) is 0 Å². The van der Waals surface area contributed by atoms with Crippen LogP contribution in [0.15, 0.2) is 72.9 Å². The summed E-state index contributed by atoms with van der Waals surface area (Å²) in [6.45, 7) is 3.24. The number of rotatable bonds is 10. The summed E-state index contributed by atoms with van der Waals surface area (Å²) in [6, 6.07) is 19.5. The molecule has 0 unspecified atom stereocenters. The fourth-order valence-corrected chi connectivity index (χ4v) is 3.28. The first-order chi connectivity index (χ1) is 16.4. The molecule has 3 atom stereocenters. The molecule has 1 amide bonds. The van der Waals surface area contributed by atoms with Gasteiger partial charge in [-0.25, -0.2) is 9.78 Å². The van der Waals surface area contributed by atoms with Gasteiger partial charge in [-0.1, -0.05) is 48.5 Å². The van der Waals surface area contributed by atoms with Gasteiger partial charge < -0.3 is 24.6 Å². The van der Waals surface area contributed by atoms with Crippen molar-refractivity contribution in [2.24, 2.45) is 0 Å². The van der Waals surface area contributed by atoms with E-state index in [-0.39, 0.29) is 11.4 Å². The summed E-state index contributed by atoms with van der Waals surface area (Å²) in [6.07, 6.45) is 0.775. The minimum atomic E-state index is -0.989. The molecule has 8 nitrogen and oxygen atoms in total. The van der Waals surface area contributed by atoms with Gasteiger partial charge in [0.1, 0.15) is 24.0 Å². The lowest BCUT2D eigenvalue weighted by Crippen LogP contribution is -2.43. The molecule has 34 heavy (non-hydrogen) atoms. The average molecular weight is 465 g/mol. The molecule has 0 saturated carbocycles. The highest BCUT2D eigenvalue weighted by molar-refractivity contribution is 5.97. The third kappa shape index (κ3) is 6.48. The predicted octanol–water partition coefficient (Wildman–Crippen LogP) is 3.54. The van der Waals surface area contributed by atoms with Crippen LogP contribution >= 0.6 is 0 Å². The van der Waals surface area contributed by atoms with E-state index in [9.17, 15) is 14.7 Å². The lowest BCUT2D eigenvalue weighted by atomic mass is 10.0. The summed E-state index contributed by atoms with van der Waals surface area (Å²) in [7, 11) is 1.36. The van der Waals surface area contributed by atoms with E-state index in [1.807, 2.05) is 60.7 Å². The Morgan fingerprint density at radius 1 is 1.00 bits per heavy atom. The first-order valence-electron chi connectivity index (χ1n) is 10.9. The van der Waals surface area contributed by atoms with Crippen molar-refractivity contribution >= 4 is 11.9 Å². The molecule has 0 bridgehead atoms. The van der Waals surface area contributed by atoms with Crippen molar-refractivity contribution in [1.29, 1.82) is 0 Å². The third-order valence-corrected chi connectivity index (χ3v) is 5.16. The van der Waals surface area contributed by atoms with Crippen molar-refractivity contribution in [3.8, 4) is 17.2 Å². The normalized spacial score (nSPS) is 13.3. The molecule has 178 valence electrons. The van der Waals surface area contributed by atoms with Gasteiger partial charge in [-0.15, -0.1) is 0 Å². The number of nitrogens with zero attached hydrogens (tertiary/aromatic N) is 1. The number of nitrogens with one attached hydrogen (secondary N) is 1. The van der Waals surface area contributed by atoms with Crippen LogP contribution in [-0.4, -0.2) is 47.3 Å². The molecule has 2 N–H and O–H groups in total. The Morgan fingerprint density at radius 3 is 2.29 bits per heavy atom. The largest absolute Gasteiger partial charge is 0.503 e. The molecule has 1 aromatic heterocycles. The number of para-hydroxylation sites is 1. The lowest BCUT2D eigenvalue weighted by Gasteiger charge is -2.26. The van der Waals surface area contributed by atoms with Crippen LogP contribution < -0.4 is 14.8 Å². The zero-order valence-corrected chi connectivity index (χ0v) is 19.3. The fourth-order valence-electron chi connectivity index (χ4n) is 3.28. The van der Waals surface area contributed by atoms with Crippen LogP contribution in [-0.2, 0) is 16.0 Å². The number of aromatic nitrogens is 1. The minimum Gasteiger partial charge on any atom is -0.503 e. The molecule has 0 saturated heterocycles. The lowest BCUT2D eigenvalue weighted by molar-refractivity contribution is -0.154. The van der Waals surface area contributed by atoms with Crippen molar-refractivity contribution in [3.05, 3.63) is 84.2 Å². The Labute approximate surface area is 198 Å². The average Bonchev–Trinajstić information content (AvgIpc) is 2.84. The van der Waals surface area contributed by atoms with Crippen LogP contribution in [0.3, 0.4) is 0 Å². The second-order valence-corrected chi connectivity index (χ2v) is 7.71. The second-order valence-electron chi connectivity index (χ2n) is 7.71.